The number of hydrogen-bond donors (Lipinski definition) is 1. The summed E-state index contributed by atoms with van der Waals surface area (Å²) >= 11 is 0. The first-order valence-electron chi connectivity index (χ1n) is 11.3. The number of benzene rings is 2. The molecule has 1 atom stereocenters. The number of methoxy groups -OCH3 is 2. The molecular weight excluding hydrogens is 436 g/mol. The van der Waals surface area contributed by atoms with Crippen LogP contribution in [0.1, 0.15) is 22.7 Å². The molecule has 0 bridgehead atoms. The van der Waals surface area contributed by atoms with Gasteiger partial charge in [0.15, 0.2) is 11.5 Å². The third-order valence-electron chi connectivity index (χ3n) is 6.35. The minimum atomic E-state index is -0.813. The van der Waals surface area contributed by atoms with Crippen molar-refractivity contribution in [2.75, 3.05) is 53.6 Å². The third kappa shape index (κ3) is 4.51. The van der Waals surface area contributed by atoms with Gasteiger partial charge in [0.25, 0.3) is 11.7 Å². The van der Waals surface area contributed by atoms with E-state index in [-0.39, 0.29) is 11.3 Å². The number of amides is 1. The molecule has 0 saturated carbocycles. The summed E-state index contributed by atoms with van der Waals surface area (Å²) in [6.07, 6.45) is 0. The summed E-state index contributed by atoms with van der Waals surface area (Å²) in [6.45, 7) is 5.65. The van der Waals surface area contributed by atoms with E-state index in [2.05, 4.69) is 4.90 Å². The van der Waals surface area contributed by atoms with Gasteiger partial charge in [0.05, 0.1) is 39.0 Å². The number of ketones is 1. The second kappa shape index (κ2) is 10.3. The molecule has 2 aliphatic rings. The van der Waals surface area contributed by atoms with Crippen LogP contribution in [0, 0.1) is 6.92 Å². The van der Waals surface area contributed by atoms with Gasteiger partial charge in [-0.3, -0.25) is 14.5 Å². The van der Waals surface area contributed by atoms with Gasteiger partial charge in [0, 0.05) is 37.3 Å². The van der Waals surface area contributed by atoms with Crippen molar-refractivity contribution in [1.29, 1.82) is 0 Å². The van der Waals surface area contributed by atoms with Crippen molar-refractivity contribution in [1.82, 2.24) is 9.80 Å². The van der Waals surface area contributed by atoms with Crippen molar-refractivity contribution in [3.05, 3.63) is 64.7 Å². The van der Waals surface area contributed by atoms with Crippen LogP contribution in [0.25, 0.3) is 5.76 Å². The van der Waals surface area contributed by atoms with Crippen LogP contribution in [0.2, 0.25) is 0 Å². The predicted molar refractivity (Wildman–Crippen MR) is 127 cm³/mol. The van der Waals surface area contributed by atoms with E-state index in [0.717, 1.165) is 18.7 Å². The minimum Gasteiger partial charge on any atom is -0.507 e. The molecule has 0 unspecified atom stereocenters. The second-order valence-corrected chi connectivity index (χ2v) is 8.40. The Morgan fingerprint density at radius 1 is 1.03 bits per heavy atom. The van der Waals surface area contributed by atoms with Gasteiger partial charge in [-0.05, 0) is 13.0 Å². The fraction of sp³-hybridized carbons (Fsp3) is 0.385. The van der Waals surface area contributed by atoms with Crippen LogP contribution in [-0.4, -0.2) is 80.2 Å². The number of nitrogens with zero attached hydrogens (tertiary/aromatic N) is 2. The molecule has 34 heavy (non-hydrogen) atoms. The lowest BCUT2D eigenvalue weighted by atomic mass is 9.94. The maximum absolute atomic E-state index is 13.3. The number of morpholine rings is 1. The van der Waals surface area contributed by atoms with Gasteiger partial charge in [-0.15, -0.1) is 0 Å². The van der Waals surface area contributed by atoms with E-state index in [0.29, 0.717) is 48.9 Å². The highest BCUT2D eigenvalue weighted by atomic mass is 16.5. The van der Waals surface area contributed by atoms with Crippen LogP contribution in [0.15, 0.2) is 48.0 Å². The van der Waals surface area contributed by atoms with E-state index in [1.165, 1.54) is 19.1 Å². The van der Waals surface area contributed by atoms with Crippen LogP contribution in [0.5, 0.6) is 11.5 Å². The van der Waals surface area contributed by atoms with Crippen LogP contribution in [0.3, 0.4) is 0 Å². The number of carbonyl (C=O) groups excluding carboxylic acids is 2. The monoisotopic (exact) mass is 466 g/mol. The predicted octanol–water partition coefficient (Wildman–Crippen LogP) is 2.77. The maximum Gasteiger partial charge on any atom is 0.295 e. The Morgan fingerprint density at radius 3 is 2.38 bits per heavy atom. The normalized spacial score (nSPS) is 20.6. The molecule has 2 aromatic rings. The summed E-state index contributed by atoms with van der Waals surface area (Å²) in [5.74, 6) is -0.661. The lowest BCUT2D eigenvalue weighted by molar-refractivity contribution is -0.140. The molecule has 0 spiro atoms. The molecule has 8 heteroatoms. The largest absolute Gasteiger partial charge is 0.507 e. The molecule has 2 aromatic carbocycles. The lowest BCUT2D eigenvalue weighted by Crippen LogP contribution is -2.42. The molecule has 0 aromatic heterocycles. The Bertz CT molecular complexity index is 1090. The van der Waals surface area contributed by atoms with Gasteiger partial charge in [0.2, 0.25) is 0 Å². The third-order valence-corrected chi connectivity index (χ3v) is 6.35. The van der Waals surface area contributed by atoms with E-state index in [1.807, 2.05) is 19.1 Å². The highest BCUT2D eigenvalue weighted by molar-refractivity contribution is 6.46. The van der Waals surface area contributed by atoms with Crippen molar-refractivity contribution in [2.24, 2.45) is 0 Å². The SMILES string of the molecule is COc1cccc([C@@H]2C(=C(O)c3ccc(C)cc3)C(=O)C(=O)N2CCN2CCOCC2)c1OC. The average Bonchev–Trinajstić information content (AvgIpc) is 3.12. The molecule has 1 N–H and O–H groups in total. The molecule has 1 amide bonds. The van der Waals surface area contributed by atoms with Crippen LogP contribution in [-0.2, 0) is 14.3 Å². The number of rotatable bonds is 7. The Hall–Kier alpha value is -3.36. The molecule has 2 aliphatic heterocycles. The Labute approximate surface area is 199 Å². The summed E-state index contributed by atoms with van der Waals surface area (Å²) in [4.78, 5) is 30.2. The van der Waals surface area contributed by atoms with E-state index in [4.69, 9.17) is 14.2 Å². The van der Waals surface area contributed by atoms with Crippen LogP contribution < -0.4 is 9.47 Å². The fourth-order valence-corrected chi connectivity index (χ4v) is 4.50. The Balaban J connectivity index is 1.81. The van der Waals surface area contributed by atoms with Crippen molar-refractivity contribution in [2.45, 2.75) is 13.0 Å². The quantitative estimate of drug-likeness (QED) is 0.381. The summed E-state index contributed by atoms with van der Waals surface area (Å²) in [7, 11) is 3.05. The Morgan fingerprint density at radius 2 is 1.74 bits per heavy atom. The minimum absolute atomic E-state index is 0.0439. The maximum atomic E-state index is 13.3. The zero-order valence-corrected chi connectivity index (χ0v) is 19.7. The average molecular weight is 467 g/mol. The number of carbonyl (C=O) groups is 2. The van der Waals surface area contributed by atoms with Gasteiger partial charge < -0.3 is 24.2 Å². The number of hydrogen-bond acceptors (Lipinski definition) is 7. The molecule has 4 rings (SSSR count). The van der Waals surface area contributed by atoms with Crippen molar-refractivity contribution in [3.8, 4) is 11.5 Å². The van der Waals surface area contributed by atoms with Gasteiger partial charge >= 0.3 is 0 Å². The summed E-state index contributed by atoms with van der Waals surface area (Å²) in [5.41, 5.74) is 2.12. The summed E-state index contributed by atoms with van der Waals surface area (Å²) < 4.78 is 16.5. The number of aliphatic hydroxyl groups excluding tert-OH is 1. The van der Waals surface area contributed by atoms with Gasteiger partial charge in [-0.25, -0.2) is 0 Å². The zero-order valence-electron chi connectivity index (χ0n) is 19.7. The number of aliphatic hydroxyl groups is 1. The van der Waals surface area contributed by atoms with Crippen molar-refractivity contribution >= 4 is 17.4 Å². The molecule has 8 nitrogen and oxygen atoms in total. The highest BCUT2D eigenvalue weighted by Crippen LogP contribution is 2.45. The van der Waals surface area contributed by atoms with Gasteiger partial charge in [-0.1, -0.05) is 42.0 Å². The van der Waals surface area contributed by atoms with Crippen molar-refractivity contribution < 1.29 is 28.9 Å². The molecule has 180 valence electrons. The number of para-hydroxylation sites is 1. The van der Waals surface area contributed by atoms with E-state index in [9.17, 15) is 14.7 Å². The second-order valence-electron chi connectivity index (χ2n) is 8.40. The fourth-order valence-electron chi connectivity index (χ4n) is 4.50. The molecule has 0 radical (unpaired) electrons. The zero-order chi connectivity index (χ0) is 24.2. The highest BCUT2D eigenvalue weighted by Gasteiger charge is 2.47. The lowest BCUT2D eigenvalue weighted by Gasteiger charge is -2.31. The van der Waals surface area contributed by atoms with E-state index in [1.54, 1.807) is 30.3 Å². The number of ether oxygens (including phenoxy) is 3. The van der Waals surface area contributed by atoms with E-state index >= 15 is 0 Å². The topological polar surface area (TPSA) is 88.5 Å². The first-order chi connectivity index (χ1) is 16.5. The van der Waals surface area contributed by atoms with Crippen LogP contribution in [0.4, 0.5) is 0 Å². The van der Waals surface area contributed by atoms with Gasteiger partial charge in [0.1, 0.15) is 5.76 Å². The number of Topliss-reactive ketones (excluding diaryl/α,β-unsaturated/α-hetero) is 1. The Kier molecular flexibility index (Phi) is 7.19. The van der Waals surface area contributed by atoms with Crippen LogP contribution >= 0.6 is 0 Å². The molecule has 2 saturated heterocycles. The standard InChI is InChI=1S/C26H30N2O6/c1-17-7-9-18(10-8-17)23(29)21-22(19-5-4-6-20(32-2)25(19)33-3)28(26(31)24(21)30)12-11-27-13-15-34-16-14-27/h4-10,22,29H,11-16H2,1-3H3/t22-/m1/s1. The molecule has 0 aliphatic carbocycles. The summed E-state index contributed by atoms with van der Waals surface area (Å²) in [5, 5.41) is 11.2. The molecule has 2 fully saturated rings. The first-order valence-corrected chi connectivity index (χ1v) is 11.3. The first kappa shape index (κ1) is 23.8. The smallest absolute Gasteiger partial charge is 0.295 e. The summed E-state index contributed by atoms with van der Waals surface area (Å²) in [6, 6.07) is 11.7. The number of aryl methyl sites for hydroxylation is 1. The molecule has 2 heterocycles. The number of likely N-dealkylation sites (tertiary alicyclic amines) is 1. The van der Waals surface area contributed by atoms with Gasteiger partial charge in [-0.2, -0.15) is 0 Å². The van der Waals surface area contributed by atoms with E-state index < -0.39 is 17.7 Å². The molecular formula is C26H30N2O6. The van der Waals surface area contributed by atoms with Crippen molar-refractivity contribution in [3.63, 3.8) is 0 Å².